The number of hydrogen-bond donors (Lipinski definition) is 0. The van der Waals surface area contributed by atoms with E-state index in [1.807, 2.05) is 48.5 Å². The van der Waals surface area contributed by atoms with Crippen molar-refractivity contribution < 1.29 is 14.3 Å². The lowest BCUT2D eigenvalue weighted by Gasteiger charge is -2.10. The monoisotopic (exact) mass is 434 g/mol. The fraction of sp³-hybridized carbons (Fsp3) is 0.280. The van der Waals surface area contributed by atoms with Crippen molar-refractivity contribution in [2.45, 2.75) is 32.7 Å². The SMILES string of the molecule is CCCCN1C(=O)S/C(=C\c2cn(CCCOc3ccccc3)c3ccccc23)C1=O. The van der Waals surface area contributed by atoms with Crippen molar-refractivity contribution >= 4 is 39.9 Å². The lowest BCUT2D eigenvalue weighted by Crippen LogP contribution is -2.29. The van der Waals surface area contributed by atoms with E-state index in [4.69, 9.17) is 4.74 Å². The van der Waals surface area contributed by atoms with Crippen LogP contribution in [0, 0.1) is 0 Å². The minimum absolute atomic E-state index is 0.175. The Morgan fingerprint density at radius 1 is 0.968 bits per heavy atom. The van der Waals surface area contributed by atoms with Gasteiger partial charge in [0.15, 0.2) is 0 Å². The third kappa shape index (κ3) is 4.85. The van der Waals surface area contributed by atoms with Gasteiger partial charge in [0.1, 0.15) is 5.75 Å². The number of rotatable bonds is 9. The first kappa shape index (κ1) is 21.2. The maximum Gasteiger partial charge on any atom is 0.293 e. The second kappa shape index (κ2) is 9.88. The fourth-order valence-corrected chi connectivity index (χ4v) is 4.52. The number of fused-ring (bicyclic) bond motifs is 1. The number of amides is 2. The number of carbonyl (C=O) groups excluding carboxylic acids is 2. The molecule has 0 saturated carbocycles. The van der Waals surface area contributed by atoms with Gasteiger partial charge >= 0.3 is 0 Å². The smallest absolute Gasteiger partial charge is 0.293 e. The molecule has 2 aromatic carbocycles. The summed E-state index contributed by atoms with van der Waals surface area (Å²) in [5, 5.41) is 0.901. The first-order chi connectivity index (χ1) is 15.2. The Bertz CT molecular complexity index is 1100. The van der Waals surface area contributed by atoms with Crippen molar-refractivity contribution in [3.05, 3.63) is 71.3 Å². The van der Waals surface area contributed by atoms with Crippen LogP contribution in [0.3, 0.4) is 0 Å². The molecule has 6 heteroatoms. The summed E-state index contributed by atoms with van der Waals surface area (Å²) in [6.45, 7) is 3.97. The van der Waals surface area contributed by atoms with E-state index in [0.717, 1.165) is 59.8 Å². The van der Waals surface area contributed by atoms with Crippen molar-refractivity contribution in [2.75, 3.05) is 13.2 Å². The number of para-hydroxylation sites is 2. The van der Waals surface area contributed by atoms with Crippen LogP contribution in [0.15, 0.2) is 65.7 Å². The van der Waals surface area contributed by atoms with Gasteiger partial charge in [0, 0.05) is 35.8 Å². The minimum Gasteiger partial charge on any atom is -0.494 e. The maximum absolute atomic E-state index is 12.7. The summed E-state index contributed by atoms with van der Waals surface area (Å²) in [6, 6.07) is 18.0. The molecular weight excluding hydrogens is 408 g/mol. The number of imide groups is 1. The largest absolute Gasteiger partial charge is 0.494 e. The quantitative estimate of drug-likeness (QED) is 0.309. The van der Waals surface area contributed by atoms with Crippen molar-refractivity contribution in [1.29, 1.82) is 0 Å². The number of hydrogen-bond acceptors (Lipinski definition) is 4. The number of carbonyl (C=O) groups is 2. The third-order valence-corrected chi connectivity index (χ3v) is 6.18. The zero-order chi connectivity index (χ0) is 21.6. The summed E-state index contributed by atoms with van der Waals surface area (Å²) in [4.78, 5) is 26.8. The van der Waals surface area contributed by atoms with Crippen LogP contribution < -0.4 is 4.74 Å². The van der Waals surface area contributed by atoms with Gasteiger partial charge in [0.05, 0.1) is 11.5 Å². The average molecular weight is 435 g/mol. The molecule has 3 aromatic rings. The number of aromatic nitrogens is 1. The van der Waals surface area contributed by atoms with Crippen LogP contribution in [0.4, 0.5) is 4.79 Å². The molecule has 0 bridgehead atoms. The molecule has 31 heavy (non-hydrogen) atoms. The molecule has 2 amide bonds. The highest BCUT2D eigenvalue weighted by Gasteiger charge is 2.34. The molecule has 0 atom stereocenters. The summed E-state index contributed by atoms with van der Waals surface area (Å²) in [7, 11) is 0. The molecule has 2 heterocycles. The van der Waals surface area contributed by atoms with Crippen molar-refractivity contribution in [1.82, 2.24) is 9.47 Å². The van der Waals surface area contributed by atoms with Gasteiger partial charge in [-0.25, -0.2) is 0 Å². The molecular formula is C25H26N2O3S. The van der Waals surface area contributed by atoms with Crippen LogP contribution in [0.5, 0.6) is 5.75 Å². The minimum atomic E-state index is -0.184. The van der Waals surface area contributed by atoms with Crippen molar-refractivity contribution in [2.24, 2.45) is 0 Å². The molecule has 0 unspecified atom stereocenters. The number of nitrogens with zero attached hydrogens (tertiary/aromatic N) is 2. The molecule has 1 aliphatic heterocycles. The number of benzene rings is 2. The predicted octanol–water partition coefficient (Wildman–Crippen LogP) is 5.95. The van der Waals surface area contributed by atoms with Crippen LogP contribution in [0.2, 0.25) is 0 Å². The van der Waals surface area contributed by atoms with E-state index < -0.39 is 0 Å². The topological polar surface area (TPSA) is 51.5 Å². The van der Waals surface area contributed by atoms with Gasteiger partial charge in [-0.15, -0.1) is 0 Å². The van der Waals surface area contributed by atoms with Gasteiger partial charge in [0.25, 0.3) is 11.1 Å². The summed E-state index contributed by atoms with van der Waals surface area (Å²) in [5.41, 5.74) is 2.07. The van der Waals surface area contributed by atoms with Gasteiger partial charge in [-0.2, -0.15) is 0 Å². The van der Waals surface area contributed by atoms with Crippen LogP contribution in [0.25, 0.3) is 17.0 Å². The number of ether oxygens (including phenoxy) is 1. The summed E-state index contributed by atoms with van der Waals surface area (Å²) < 4.78 is 8.00. The Hall–Kier alpha value is -2.99. The van der Waals surface area contributed by atoms with E-state index in [0.29, 0.717) is 18.1 Å². The summed E-state index contributed by atoms with van der Waals surface area (Å²) in [5.74, 6) is 0.691. The molecule has 1 saturated heterocycles. The number of aryl methyl sites for hydroxylation is 1. The van der Waals surface area contributed by atoms with E-state index in [9.17, 15) is 9.59 Å². The second-order valence-corrected chi connectivity index (χ2v) is 8.49. The highest BCUT2D eigenvalue weighted by Crippen LogP contribution is 2.34. The molecule has 0 spiro atoms. The molecule has 4 rings (SSSR count). The zero-order valence-electron chi connectivity index (χ0n) is 17.6. The van der Waals surface area contributed by atoms with Gasteiger partial charge in [-0.1, -0.05) is 49.7 Å². The van der Waals surface area contributed by atoms with Crippen LogP contribution in [-0.4, -0.2) is 33.8 Å². The zero-order valence-corrected chi connectivity index (χ0v) is 18.4. The van der Waals surface area contributed by atoms with Crippen LogP contribution in [0.1, 0.15) is 31.7 Å². The molecule has 0 N–H and O–H groups in total. The maximum atomic E-state index is 12.7. The Morgan fingerprint density at radius 3 is 2.55 bits per heavy atom. The van der Waals surface area contributed by atoms with E-state index in [1.165, 1.54) is 4.90 Å². The second-order valence-electron chi connectivity index (χ2n) is 7.50. The fourth-order valence-electron chi connectivity index (χ4n) is 3.67. The summed E-state index contributed by atoms with van der Waals surface area (Å²) >= 11 is 1.03. The lowest BCUT2D eigenvalue weighted by atomic mass is 10.1. The highest BCUT2D eigenvalue weighted by molar-refractivity contribution is 8.18. The Kier molecular flexibility index (Phi) is 6.77. The van der Waals surface area contributed by atoms with E-state index in [-0.39, 0.29) is 11.1 Å². The molecule has 160 valence electrons. The van der Waals surface area contributed by atoms with Crippen molar-refractivity contribution in [3.8, 4) is 5.75 Å². The Balaban J connectivity index is 1.49. The van der Waals surface area contributed by atoms with E-state index >= 15 is 0 Å². The third-order valence-electron chi connectivity index (χ3n) is 5.27. The highest BCUT2D eigenvalue weighted by atomic mass is 32.2. The van der Waals surface area contributed by atoms with Crippen LogP contribution >= 0.6 is 11.8 Å². The first-order valence-electron chi connectivity index (χ1n) is 10.7. The number of unbranched alkanes of at least 4 members (excludes halogenated alkanes) is 1. The lowest BCUT2D eigenvalue weighted by molar-refractivity contribution is -0.122. The van der Waals surface area contributed by atoms with E-state index in [2.05, 4.69) is 29.8 Å². The van der Waals surface area contributed by atoms with Gasteiger partial charge in [-0.3, -0.25) is 14.5 Å². The van der Waals surface area contributed by atoms with Gasteiger partial charge < -0.3 is 9.30 Å². The molecule has 0 aliphatic carbocycles. The van der Waals surface area contributed by atoms with E-state index in [1.54, 1.807) is 0 Å². The molecule has 5 nitrogen and oxygen atoms in total. The molecule has 1 aromatic heterocycles. The molecule has 0 radical (unpaired) electrons. The van der Waals surface area contributed by atoms with Crippen LogP contribution in [-0.2, 0) is 11.3 Å². The normalized spacial score (nSPS) is 15.4. The Labute approximate surface area is 186 Å². The number of thioether (sulfide) groups is 1. The van der Waals surface area contributed by atoms with Gasteiger partial charge in [0.2, 0.25) is 0 Å². The standard InChI is InChI=1S/C25H26N2O3S/c1-2-3-15-27-24(28)23(31-25(27)29)17-19-18-26(22-13-8-7-12-21(19)22)14-9-16-30-20-10-5-4-6-11-20/h4-8,10-13,17-18H,2-3,9,14-16H2,1H3/b23-17-. The Morgan fingerprint density at radius 2 is 1.74 bits per heavy atom. The van der Waals surface area contributed by atoms with Crippen molar-refractivity contribution in [3.63, 3.8) is 0 Å². The van der Waals surface area contributed by atoms with Gasteiger partial charge in [-0.05, 0) is 48.9 Å². The first-order valence-corrected chi connectivity index (χ1v) is 11.5. The average Bonchev–Trinajstić information content (AvgIpc) is 3.27. The summed E-state index contributed by atoms with van der Waals surface area (Å²) in [6.07, 6.45) is 6.56. The predicted molar refractivity (Wildman–Crippen MR) is 126 cm³/mol. The molecule has 1 fully saturated rings. The molecule has 1 aliphatic rings.